The smallest absolute Gasteiger partial charge is 0.220 e. The number of likely N-dealkylation sites (tertiary alicyclic amines) is 1. The third-order valence-electron chi connectivity index (χ3n) is 4.40. The Morgan fingerprint density at radius 2 is 2.45 bits per heavy atom. The lowest BCUT2D eigenvalue weighted by Crippen LogP contribution is -2.51. The van der Waals surface area contributed by atoms with Gasteiger partial charge in [0.05, 0.1) is 0 Å². The normalized spacial score (nSPS) is 25.0. The monoisotopic (exact) mass is 434 g/mol. The van der Waals surface area contributed by atoms with Crippen molar-refractivity contribution in [3.8, 4) is 0 Å². The highest BCUT2D eigenvalue weighted by atomic mass is 127. The number of rotatable bonds is 2. The van der Waals surface area contributed by atoms with Crippen molar-refractivity contribution >= 4 is 47.2 Å². The van der Waals surface area contributed by atoms with E-state index in [1.165, 1.54) is 5.56 Å². The first-order chi connectivity index (χ1) is 10.2. The van der Waals surface area contributed by atoms with Gasteiger partial charge in [-0.2, -0.15) is 11.3 Å². The van der Waals surface area contributed by atoms with Gasteiger partial charge in [-0.05, 0) is 35.2 Å². The maximum absolute atomic E-state index is 11.6. The summed E-state index contributed by atoms with van der Waals surface area (Å²) in [5.74, 6) is 1.14. The zero-order valence-electron chi connectivity index (χ0n) is 12.8. The Labute approximate surface area is 152 Å². The second-order valence-corrected chi connectivity index (χ2v) is 6.79. The van der Waals surface area contributed by atoms with Gasteiger partial charge in [-0.25, -0.2) is 0 Å². The van der Waals surface area contributed by atoms with E-state index in [0.717, 1.165) is 45.0 Å². The largest absolute Gasteiger partial charge is 0.355 e. The van der Waals surface area contributed by atoms with E-state index in [2.05, 4.69) is 37.4 Å². The number of piperidine rings is 1. The molecule has 22 heavy (non-hydrogen) atoms. The Morgan fingerprint density at radius 1 is 1.59 bits per heavy atom. The van der Waals surface area contributed by atoms with E-state index in [1.54, 1.807) is 11.3 Å². The van der Waals surface area contributed by atoms with Gasteiger partial charge in [-0.15, -0.1) is 24.0 Å². The van der Waals surface area contributed by atoms with Gasteiger partial charge in [0.1, 0.15) is 0 Å². The number of carbonyl (C=O) groups excluding carboxylic acids is 1. The number of carbonyl (C=O) groups is 1. The molecule has 2 saturated heterocycles. The molecule has 0 radical (unpaired) electrons. The molecule has 1 atom stereocenters. The Hall–Kier alpha value is -0.830. The van der Waals surface area contributed by atoms with Crippen LogP contribution in [0.5, 0.6) is 0 Å². The minimum Gasteiger partial charge on any atom is -0.355 e. The average Bonchev–Trinajstić information content (AvgIpc) is 3.11. The Bertz CT molecular complexity index is 534. The van der Waals surface area contributed by atoms with Crippen LogP contribution in [0.4, 0.5) is 0 Å². The molecule has 0 aliphatic carbocycles. The standard InChI is InChI=1S/C15H22N4OS.HI/c1-16-14(17-8-12-3-6-21-9-12)19-5-2-4-15(11-19)7-13(20)18-10-15;/h3,6,9H,2,4-5,7-8,10-11H2,1H3,(H,16,17)(H,18,20);1H. The lowest BCUT2D eigenvalue weighted by molar-refractivity contribution is -0.119. The van der Waals surface area contributed by atoms with E-state index in [-0.39, 0.29) is 35.3 Å². The number of hydrogen-bond donors (Lipinski definition) is 2. The summed E-state index contributed by atoms with van der Waals surface area (Å²) < 4.78 is 0. The summed E-state index contributed by atoms with van der Waals surface area (Å²) in [7, 11) is 1.83. The van der Waals surface area contributed by atoms with Gasteiger partial charge >= 0.3 is 0 Å². The average molecular weight is 434 g/mol. The molecule has 3 rings (SSSR count). The molecule has 122 valence electrons. The predicted molar refractivity (Wildman–Crippen MR) is 101 cm³/mol. The summed E-state index contributed by atoms with van der Waals surface area (Å²) >= 11 is 1.71. The van der Waals surface area contributed by atoms with Crippen LogP contribution in [-0.2, 0) is 11.3 Å². The topological polar surface area (TPSA) is 56.7 Å². The Balaban J connectivity index is 0.00000176. The maximum atomic E-state index is 11.6. The molecule has 7 heteroatoms. The first-order valence-electron chi connectivity index (χ1n) is 7.44. The van der Waals surface area contributed by atoms with Crippen molar-refractivity contribution in [2.24, 2.45) is 10.4 Å². The predicted octanol–water partition coefficient (Wildman–Crippen LogP) is 2.04. The number of thiophene rings is 1. The first-order valence-corrected chi connectivity index (χ1v) is 8.38. The number of aliphatic imine (C=N–C) groups is 1. The lowest BCUT2D eigenvalue weighted by atomic mass is 9.79. The molecule has 2 N–H and O–H groups in total. The van der Waals surface area contributed by atoms with Gasteiger partial charge in [0.2, 0.25) is 5.91 Å². The van der Waals surface area contributed by atoms with Gasteiger partial charge in [0.25, 0.3) is 0 Å². The summed E-state index contributed by atoms with van der Waals surface area (Å²) in [5.41, 5.74) is 1.39. The molecule has 1 aromatic heterocycles. The van der Waals surface area contributed by atoms with Crippen LogP contribution < -0.4 is 10.6 Å². The summed E-state index contributed by atoms with van der Waals surface area (Å²) in [6.07, 6.45) is 2.91. The highest BCUT2D eigenvalue weighted by Crippen LogP contribution is 2.35. The van der Waals surface area contributed by atoms with Gasteiger partial charge < -0.3 is 15.5 Å². The van der Waals surface area contributed by atoms with Crippen molar-refractivity contribution in [2.45, 2.75) is 25.8 Å². The number of nitrogens with zero attached hydrogens (tertiary/aromatic N) is 2. The van der Waals surface area contributed by atoms with Gasteiger partial charge in [0, 0.05) is 45.1 Å². The molecule has 0 saturated carbocycles. The van der Waals surface area contributed by atoms with Crippen LogP contribution >= 0.6 is 35.3 Å². The Morgan fingerprint density at radius 3 is 3.09 bits per heavy atom. The molecule has 0 aromatic carbocycles. The zero-order chi connectivity index (χ0) is 14.7. The molecule has 0 bridgehead atoms. The van der Waals surface area contributed by atoms with Crippen LogP contribution in [0.15, 0.2) is 21.8 Å². The van der Waals surface area contributed by atoms with Crippen LogP contribution in [0.25, 0.3) is 0 Å². The maximum Gasteiger partial charge on any atom is 0.220 e. The van der Waals surface area contributed by atoms with Crippen LogP contribution in [0.3, 0.4) is 0 Å². The third-order valence-corrected chi connectivity index (χ3v) is 5.13. The number of nitrogens with one attached hydrogen (secondary N) is 2. The molecule has 2 fully saturated rings. The second-order valence-electron chi connectivity index (χ2n) is 6.01. The van der Waals surface area contributed by atoms with Crippen LogP contribution in [0, 0.1) is 5.41 Å². The van der Waals surface area contributed by atoms with Gasteiger partial charge in [0.15, 0.2) is 5.96 Å². The molecular weight excluding hydrogens is 411 g/mol. The van der Waals surface area contributed by atoms with E-state index in [9.17, 15) is 4.79 Å². The summed E-state index contributed by atoms with van der Waals surface area (Å²) in [6.45, 7) is 3.54. The molecule has 1 spiro atoms. The summed E-state index contributed by atoms with van der Waals surface area (Å²) in [4.78, 5) is 18.3. The molecule has 2 aliphatic heterocycles. The van der Waals surface area contributed by atoms with Crippen molar-refractivity contribution in [1.29, 1.82) is 0 Å². The van der Waals surface area contributed by atoms with Gasteiger partial charge in [-0.3, -0.25) is 9.79 Å². The number of hydrogen-bond acceptors (Lipinski definition) is 3. The van der Waals surface area contributed by atoms with E-state index in [0.29, 0.717) is 6.42 Å². The third kappa shape index (κ3) is 3.92. The van der Waals surface area contributed by atoms with Crippen molar-refractivity contribution in [1.82, 2.24) is 15.5 Å². The van der Waals surface area contributed by atoms with Crippen molar-refractivity contribution in [3.63, 3.8) is 0 Å². The molecule has 5 nitrogen and oxygen atoms in total. The first kappa shape index (κ1) is 17.5. The number of guanidine groups is 1. The Kier molecular flexibility index (Phi) is 6.08. The molecular formula is C15H23IN4OS. The summed E-state index contributed by atoms with van der Waals surface area (Å²) in [5, 5.41) is 10.7. The number of amides is 1. The molecule has 1 aromatic rings. The second kappa shape index (κ2) is 7.63. The minimum absolute atomic E-state index is 0. The highest BCUT2D eigenvalue weighted by molar-refractivity contribution is 14.0. The van der Waals surface area contributed by atoms with Crippen LogP contribution in [0.2, 0.25) is 0 Å². The highest BCUT2D eigenvalue weighted by Gasteiger charge is 2.42. The zero-order valence-corrected chi connectivity index (χ0v) is 15.9. The van der Waals surface area contributed by atoms with Crippen molar-refractivity contribution in [2.75, 3.05) is 26.7 Å². The van der Waals surface area contributed by atoms with Crippen molar-refractivity contribution in [3.05, 3.63) is 22.4 Å². The van der Waals surface area contributed by atoms with E-state index in [4.69, 9.17) is 0 Å². The van der Waals surface area contributed by atoms with Crippen LogP contribution in [-0.4, -0.2) is 43.4 Å². The molecule has 3 heterocycles. The SMILES string of the molecule is CN=C(NCc1ccsc1)N1CCCC2(CNC(=O)C2)C1.I. The van der Waals surface area contributed by atoms with Gasteiger partial charge in [-0.1, -0.05) is 0 Å². The summed E-state index contributed by atoms with van der Waals surface area (Å²) in [6, 6.07) is 2.13. The quantitative estimate of drug-likeness (QED) is 0.426. The van der Waals surface area contributed by atoms with E-state index >= 15 is 0 Å². The number of halogens is 1. The lowest BCUT2D eigenvalue weighted by Gasteiger charge is -2.40. The minimum atomic E-state index is 0. The fourth-order valence-corrected chi connectivity index (χ4v) is 4.00. The van der Waals surface area contributed by atoms with Crippen LogP contribution in [0.1, 0.15) is 24.8 Å². The molecule has 2 aliphatic rings. The fraction of sp³-hybridized carbons (Fsp3) is 0.600. The van der Waals surface area contributed by atoms with E-state index < -0.39 is 0 Å². The fourth-order valence-electron chi connectivity index (χ4n) is 3.34. The van der Waals surface area contributed by atoms with E-state index in [1.807, 2.05) is 7.05 Å². The van der Waals surface area contributed by atoms with Crippen molar-refractivity contribution < 1.29 is 4.79 Å². The molecule has 1 amide bonds. The molecule has 1 unspecified atom stereocenters.